The molecule has 0 bridgehead atoms. The van der Waals surface area contributed by atoms with E-state index in [1.165, 1.54) is 11.9 Å². The number of aliphatic carboxylic acids is 1. The number of amides is 1. The third kappa shape index (κ3) is 4.01. The smallest absolute Gasteiger partial charge is 0.326 e. The number of hydrogen-bond donors (Lipinski definition) is 1. The quantitative estimate of drug-likeness (QED) is 0.839. The molecular weight excluding hydrogens is 360 g/mol. The molecule has 1 unspecified atom stereocenters. The first-order chi connectivity index (χ1) is 10.9. The lowest BCUT2D eigenvalue weighted by atomic mass is 10.0. The molecule has 2 rings (SSSR count). The van der Waals surface area contributed by atoms with Gasteiger partial charge in [0, 0.05) is 30.7 Å². The van der Waals surface area contributed by atoms with Gasteiger partial charge >= 0.3 is 5.97 Å². The molecule has 0 saturated heterocycles. The first kappa shape index (κ1) is 17.3. The first-order valence-electron chi connectivity index (χ1n) is 7.33. The molecule has 6 heteroatoms. The van der Waals surface area contributed by atoms with Crippen molar-refractivity contribution in [2.45, 2.75) is 25.9 Å². The van der Waals surface area contributed by atoms with E-state index in [9.17, 15) is 14.7 Å². The zero-order chi connectivity index (χ0) is 17.0. The van der Waals surface area contributed by atoms with E-state index in [0.717, 1.165) is 10.0 Å². The van der Waals surface area contributed by atoms with Gasteiger partial charge in [-0.25, -0.2) is 4.79 Å². The summed E-state index contributed by atoms with van der Waals surface area (Å²) in [5, 5.41) is 9.52. The molecule has 1 aromatic carbocycles. The minimum atomic E-state index is -1.02. The van der Waals surface area contributed by atoms with Crippen LogP contribution in [0.15, 0.2) is 47.1 Å². The molecule has 1 heterocycles. The van der Waals surface area contributed by atoms with Gasteiger partial charge in [-0.1, -0.05) is 30.3 Å². The second-order valence-electron chi connectivity index (χ2n) is 5.29. The summed E-state index contributed by atoms with van der Waals surface area (Å²) in [6.45, 7) is 2.57. The third-order valence-electron chi connectivity index (χ3n) is 3.77. The molecule has 0 saturated carbocycles. The summed E-state index contributed by atoms with van der Waals surface area (Å²) in [6.07, 6.45) is 2.08. The number of halogens is 1. The molecule has 0 radical (unpaired) electrons. The number of nitrogens with zero attached hydrogens (tertiary/aromatic N) is 2. The Labute approximate surface area is 143 Å². The molecule has 23 heavy (non-hydrogen) atoms. The number of carboxylic acids is 1. The van der Waals surface area contributed by atoms with Crippen LogP contribution in [0.4, 0.5) is 0 Å². The van der Waals surface area contributed by atoms with E-state index >= 15 is 0 Å². The van der Waals surface area contributed by atoms with Gasteiger partial charge in [0.15, 0.2) is 0 Å². The zero-order valence-electron chi connectivity index (χ0n) is 13.1. The number of likely N-dealkylation sites (N-methyl/N-ethyl adjacent to an activating group) is 1. The maximum absolute atomic E-state index is 12.7. The van der Waals surface area contributed by atoms with Crippen molar-refractivity contribution in [3.8, 4) is 0 Å². The number of carbonyl (C=O) groups excluding carboxylic acids is 1. The van der Waals surface area contributed by atoms with Crippen molar-refractivity contribution < 1.29 is 14.7 Å². The number of hydrogen-bond acceptors (Lipinski definition) is 2. The highest BCUT2D eigenvalue weighted by molar-refractivity contribution is 9.10. The third-order valence-corrected chi connectivity index (χ3v) is 4.20. The fourth-order valence-electron chi connectivity index (χ4n) is 2.46. The van der Waals surface area contributed by atoms with Gasteiger partial charge in [0.1, 0.15) is 11.7 Å². The summed E-state index contributed by atoms with van der Waals surface area (Å²) in [6, 6.07) is 10.1. The minimum absolute atomic E-state index is 0.270. The van der Waals surface area contributed by atoms with Crippen LogP contribution in [0.1, 0.15) is 23.0 Å². The van der Waals surface area contributed by atoms with Crippen LogP contribution in [0.2, 0.25) is 0 Å². The van der Waals surface area contributed by atoms with Crippen molar-refractivity contribution in [3.63, 3.8) is 0 Å². The molecule has 0 aliphatic rings. The van der Waals surface area contributed by atoms with Crippen LogP contribution < -0.4 is 0 Å². The SMILES string of the molecule is CCn1cc(Br)cc1C(=O)N(C)C(Cc1ccccc1)C(=O)O. The lowest BCUT2D eigenvalue weighted by molar-refractivity contribution is -0.141. The van der Waals surface area contributed by atoms with E-state index < -0.39 is 12.0 Å². The minimum Gasteiger partial charge on any atom is -0.480 e. The highest BCUT2D eigenvalue weighted by Gasteiger charge is 2.29. The Balaban J connectivity index is 2.25. The Morgan fingerprint density at radius 2 is 1.96 bits per heavy atom. The number of aromatic nitrogens is 1. The molecule has 0 aliphatic carbocycles. The predicted molar refractivity (Wildman–Crippen MR) is 91.5 cm³/mol. The Kier molecular flexibility index (Phi) is 5.60. The van der Waals surface area contributed by atoms with Gasteiger partial charge in [-0.3, -0.25) is 4.79 Å². The Bertz CT molecular complexity index is 697. The van der Waals surface area contributed by atoms with Gasteiger partial charge in [-0.15, -0.1) is 0 Å². The first-order valence-corrected chi connectivity index (χ1v) is 8.13. The number of carboxylic acid groups (broad SMARTS) is 1. The van der Waals surface area contributed by atoms with Crippen molar-refractivity contribution >= 4 is 27.8 Å². The lowest BCUT2D eigenvalue weighted by Gasteiger charge is -2.25. The molecule has 122 valence electrons. The topological polar surface area (TPSA) is 62.5 Å². The van der Waals surface area contributed by atoms with Crippen molar-refractivity contribution in [1.82, 2.24) is 9.47 Å². The Morgan fingerprint density at radius 1 is 1.30 bits per heavy atom. The fraction of sp³-hybridized carbons (Fsp3) is 0.294. The second-order valence-corrected chi connectivity index (χ2v) is 6.21. The number of carbonyl (C=O) groups is 2. The maximum atomic E-state index is 12.7. The molecule has 0 aliphatic heterocycles. The van der Waals surface area contributed by atoms with Gasteiger partial charge in [-0.2, -0.15) is 0 Å². The summed E-state index contributed by atoms with van der Waals surface area (Å²) in [7, 11) is 1.53. The van der Waals surface area contributed by atoms with E-state index in [1.54, 1.807) is 10.6 Å². The molecule has 1 N–H and O–H groups in total. The van der Waals surface area contributed by atoms with Crippen LogP contribution in [0, 0.1) is 0 Å². The van der Waals surface area contributed by atoms with Gasteiger partial charge < -0.3 is 14.6 Å². The maximum Gasteiger partial charge on any atom is 0.326 e. The standard InChI is InChI=1S/C17H19BrN2O3/c1-3-20-11-13(18)10-14(20)16(21)19(2)15(17(22)23)9-12-7-5-4-6-8-12/h4-8,10-11,15H,3,9H2,1-2H3,(H,22,23). The summed E-state index contributed by atoms with van der Waals surface area (Å²) in [5.74, 6) is -1.32. The Morgan fingerprint density at radius 3 is 2.52 bits per heavy atom. The average molecular weight is 379 g/mol. The Hall–Kier alpha value is -2.08. The summed E-state index contributed by atoms with van der Waals surface area (Å²) in [5.41, 5.74) is 1.35. The molecule has 1 aromatic heterocycles. The van der Waals surface area contributed by atoms with Crippen LogP contribution >= 0.6 is 15.9 Å². The van der Waals surface area contributed by atoms with E-state index in [2.05, 4.69) is 15.9 Å². The van der Waals surface area contributed by atoms with E-state index in [0.29, 0.717) is 12.2 Å². The van der Waals surface area contributed by atoms with Gasteiger partial charge in [0.05, 0.1) is 0 Å². The van der Waals surface area contributed by atoms with Gasteiger partial charge in [-0.05, 0) is 34.5 Å². The highest BCUT2D eigenvalue weighted by Crippen LogP contribution is 2.18. The summed E-state index contributed by atoms with van der Waals surface area (Å²) < 4.78 is 2.59. The average Bonchev–Trinajstić information content (AvgIpc) is 2.93. The molecular formula is C17H19BrN2O3. The normalized spacial score (nSPS) is 12.0. The van der Waals surface area contributed by atoms with Crippen molar-refractivity contribution in [3.05, 3.63) is 58.3 Å². The van der Waals surface area contributed by atoms with Gasteiger partial charge in [0.2, 0.25) is 0 Å². The van der Waals surface area contributed by atoms with E-state index in [-0.39, 0.29) is 12.3 Å². The second kappa shape index (κ2) is 7.46. The molecule has 0 spiro atoms. The largest absolute Gasteiger partial charge is 0.480 e. The molecule has 5 nitrogen and oxygen atoms in total. The van der Waals surface area contributed by atoms with Crippen molar-refractivity contribution in [2.24, 2.45) is 0 Å². The molecule has 2 aromatic rings. The zero-order valence-corrected chi connectivity index (χ0v) is 14.7. The van der Waals surface area contributed by atoms with Crippen LogP contribution in [0.5, 0.6) is 0 Å². The van der Waals surface area contributed by atoms with E-state index in [1.807, 2.05) is 43.5 Å². The number of benzene rings is 1. The van der Waals surface area contributed by atoms with Gasteiger partial charge in [0.25, 0.3) is 5.91 Å². The monoisotopic (exact) mass is 378 g/mol. The number of rotatable bonds is 6. The molecule has 1 atom stereocenters. The van der Waals surface area contributed by atoms with Crippen molar-refractivity contribution in [1.29, 1.82) is 0 Å². The molecule has 0 fully saturated rings. The predicted octanol–water partition coefficient (Wildman–Crippen LogP) is 3.04. The number of aryl methyl sites for hydroxylation is 1. The van der Waals surface area contributed by atoms with Crippen LogP contribution in [-0.2, 0) is 17.8 Å². The molecule has 1 amide bonds. The fourth-order valence-corrected chi connectivity index (χ4v) is 2.93. The lowest BCUT2D eigenvalue weighted by Crippen LogP contribution is -2.44. The van der Waals surface area contributed by atoms with E-state index in [4.69, 9.17) is 0 Å². The summed E-state index contributed by atoms with van der Waals surface area (Å²) in [4.78, 5) is 25.6. The van der Waals surface area contributed by atoms with Crippen LogP contribution in [0.3, 0.4) is 0 Å². The van der Waals surface area contributed by atoms with Crippen LogP contribution in [-0.4, -0.2) is 39.5 Å². The summed E-state index contributed by atoms with van der Waals surface area (Å²) >= 11 is 3.35. The highest BCUT2D eigenvalue weighted by atomic mass is 79.9. The van der Waals surface area contributed by atoms with Crippen molar-refractivity contribution in [2.75, 3.05) is 7.05 Å². The van der Waals surface area contributed by atoms with Crippen LogP contribution in [0.25, 0.3) is 0 Å².